The van der Waals surface area contributed by atoms with Crippen molar-refractivity contribution in [1.29, 1.82) is 0 Å². The van der Waals surface area contributed by atoms with Gasteiger partial charge in [-0.3, -0.25) is 0 Å². The van der Waals surface area contributed by atoms with E-state index in [-0.39, 0.29) is 21.7 Å². The van der Waals surface area contributed by atoms with Gasteiger partial charge in [0.25, 0.3) is 0 Å². The van der Waals surface area contributed by atoms with Crippen LogP contribution in [0, 0.1) is 5.92 Å². The summed E-state index contributed by atoms with van der Waals surface area (Å²) >= 11 is 9.65. The first kappa shape index (κ1) is 20.4. The molecule has 0 atom stereocenters. The SMILES string of the molecule is CC1CCN(c2oc(-c3ccccc3Cl)nc2S(=O)(=O)c2ccc(Br)cc2)CC1. The van der Waals surface area contributed by atoms with Crippen LogP contribution in [0.25, 0.3) is 11.5 Å². The predicted molar refractivity (Wildman–Crippen MR) is 117 cm³/mol. The average molecular weight is 496 g/mol. The maximum absolute atomic E-state index is 13.4. The summed E-state index contributed by atoms with van der Waals surface area (Å²) in [6.07, 6.45) is 1.94. The van der Waals surface area contributed by atoms with Gasteiger partial charge in [-0.2, -0.15) is 4.98 Å². The summed E-state index contributed by atoms with van der Waals surface area (Å²) in [5, 5.41) is 0.393. The molecule has 29 heavy (non-hydrogen) atoms. The molecule has 0 radical (unpaired) electrons. The van der Waals surface area contributed by atoms with Crippen LogP contribution in [-0.4, -0.2) is 26.5 Å². The fourth-order valence-electron chi connectivity index (χ4n) is 3.36. The molecule has 1 aliphatic heterocycles. The predicted octanol–water partition coefficient (Wildman–Crippen LogP) is 5.83. The van der Waals surface area contributed by atoms with Crippen LogP contribution in [0.1, 0.15) is 19.8 Å². The summed E-state index contributed by atoms with van der Waals surface area (Å²) < 4.78 is 33.6. The van der Waals surface area contributed by atoms with Crippen LogP contribution in [0.15, 0.2) is 67.3 Å². The maximum atomic E-state index is 13.4. The minimum Gasteiger partial charge on any atom is -0.419 e. The number of anilines is 1. The molecule has 1 saturated heterocycles. The zero-order valence-electron chi connectivity index (χ0n) is 15.8. The zero-order chi connectivity index (χ0) is 20.6. The molecule has 0 N–H and O–H groups in total. The molecular weight excluding hydrogens is 476 g/mol. The van der Waals surface area contributed by atoms with E-state index in [9.17, 15) is 8.42 Å². The number of oxazole rings is 1. The highest BCUT2D eigenvalue weighted by Crippen LogP contribution is 2.38. The Labute approximate surface area is 183 Å². The molecule has 0 spiro atoms. The number of benzene rings is 2. The highest BCUT2D eigenvalue weighted by Gasteiger charge is 2.33. The molecule has 2 heterocycles. The van der Waals surface area contributed by atoms with Crippen molar-refractivity contribution in [3.8, 4) is 11.5 Å². The summed E-state index contributed by atoms with van der Waals surface area (Å²) in [4.78, 5) is 6.56. The molecular formula is C21H20BrClN2O3S. The van der Waals surface area contributed by atoms with Crippen molar-refractivity contribution in [2.24, 2.45) is 5.92 Å². The van der Waals surface area contributed by atoms with Gasteiger partial charge in [-0.15, -0.1) is 0 Å². The number of hydrogen-bond donors (Lipinski definition) is 0. The Morgan fingerprint density at radius 3 is 2.41 bits per heavy atom. The average Bonchev–Trinajstić information content (AvgIpc) is 3.15. The molecule has 2 aromatic carbocycles. The monoisotopic (exact) mass is 494 g/mol. The summed E-state index contributed by atoms with van der Waals surface area (Å²) in [7, 11) is -3.86. The van der Waals surface area contributed by atoms with Gasteiger partial charge in [-0.25, -0.2) is 8.42 Å². The van der Waals surface area contributed by atoms with Crippen LogP contribution >= 0.6 is 27.5 Å². The van der Waals surface area contributed by atoms with E-state index in [0.717, 1.165) is 30.4 Å². The van der Waals surface area contributed by atoms with Crippen molar-refractivity contribution in [2.45, 2.75) is 29.7 Å². The second-order valence-corrected chi connectivity index (χ2v) is 10.4. The van der Waals surface area contributed by atoms with E-state index in [1.54, 1.807) is 42.5 Å². The van der Waals surface area contributed by atoms with Gasteiger partial charge in [0.1, 0.15) is 0 Å². The van der Waals surface area contributed by atoms with Crippen LogP contribution in [0.5, 0.6) is 0 Å². The van der Waals surface area contributed by atoms with Crippen LogP contribution in [0.4, 0.5) is 5.88 Å². The van der Waals surface area contributed by atoms with Gasteiger partial charge in [0.2, 0.25) is 26.6 Å². The van der Waals surface area contributed by atoms with Crippen LogP contribution in [-0.2, 0) is 9.84 Å². The van der Waals surface area contributed by atoms with E-state index in [1.807, 2.05) is 11.0 Å². The summed E-state index contributed by atoms with van der Waals surface area (Å²) in [6.45, 7) is 3.65. The number of aromatic nitrogens is 1. The number of halogens is 2. The third-order valence-corrected chi connectivity index (χ3v) is 7.66. The lowest BCUT2D eigenvalue weighted by molar-refractivity contribution is 0.416. The number of sulfone groups is 1. The lowest BCUT2D eigenvalue weighted by Gasteiger charge is -2.30. The van der Waals surface area contributed by atoms with Crippen molar-refractivity contribution in [1.82, 2.24) is 4.98 Å². The van der Waals surface area contributed by atoms with Crippen molar-refractivity contribution in [3.05, 3.63) is 58.0 Å². The second kappa shape index (κ2) is 8.13. The lowest BCUT2D eigenvalue weighted by atomic mass is 9.99. The normalized spacial score (nSPS) is 15.6. The highest BCUT2D eigenvalue weighted by molar-refractivity contribution is 9.10. The first-order valence-electron chi connectivity index (χ1n) is 9.37. The molecule has 1 fully saturated rings. The van der Waals surface area contributed by atoms with E-state index in [1.165, 1.54) is 0 Å². The molecule has 0 bridgehead atoms. The van der Waals surface area contributed by atoms with Gasteiger partial charge < -0.3 is 9.32 Å². The van der Waals surface area contributed by atoms with Gasteiger partial charge in [0, 0.05) is 17.6 Å². The highest BCUT2D eigenvalue weighted by atomic mass is 79.9. The molecule has 4 rings (SSSR count). The van der Waals surface area contributed by atoms with Crippen molar-refractivity contribution >= 4 is 43.3 Å². The topological polar surface area (TPSA) is 63.4 Å². The van der Waals surface area contributed by atoms with Crippen molar-refractivity contribution in [3.63, 3.8) is 0 Å². The first-order valence-corrected chi connectivity index (χ1v) is 12.0. The molecule has 152 valence electrons. The van der Waals surface area contributed by atoms with Gasteiger partial charge in [-0.1, -0.05) is 46.6 Å². The number of piperidine rings is 1. The molecule has 0 amide bonds. The number of nitrogens with zero attached hydrogens (tertiary/aromatic N) is 2. The van der Waals surface area contributed by atoms with Gasteiger partial charge >= 0.3 is 0 Å². The summed E-state index contributed by atoms with van der Waals surface area (Å²) in [5.74, 6) is 1.10. The van der Waals surface area contributed by atoms with Crippen LogP contribution < -0.4 is 4.90 Å². The number of hydrogen-bond acceptors (Lipinski definition) is 5. The Kier molecular flexibility index (Phi) is 5.73. The largest absolute Gasteiger partial charge is 0.419 e. The van der Waals surface area contributed by atoms with Gasteiger partial charge in [0.15, 0.2) is 0 Å². The third kappa shape index (κ3) is 4.09. The lowest BCUT2D eigenvalue weighted by Crippen LogP contribution is -2.33. The Hall–Kier alpha value is -1.83. The summed E-state index contributed by atoms with van der Waals surface area (Å²) in [6, 6.07) is 13.6. The number of rotatable bonds is 4. The molecule has 0 unspecified atom stereocenters. The molecule has 3 aromatic rings. The van der Waals surface area contributed by atoms with Crippen LogP contribution in [0.2, 0.25) is 5.02 Å². The Bertz CT molecular complexity index is 1120. The van der Waals surface area contributed by atoms with E-state index in [0.29, 0.717) is 16.5 Å². The quantitative estimate of drug-likeness (QED) is 0.456. The summed E-state index contributed by atoms with van der Waals surface area (Å²) in [5.41, 5.74) is 0.568. The molecule has 1 aromatic heterocycles. The van der Waals surface area contributed by atoms with Crippen molar-refractivity contribution < 1.29 is 12.8 Å². The van der Waals surface area contributed by atoms with E-state index in [4.69, 9.17) is 16.0 Å². The molecule has 5 nitrogen and oxygen atoms in total. The van der Waals surface area contributed by atoms with E-state index in [2.05, 4.69) is 27.8 Å². The van der Waals surface area contributed by atoms with Gasteiger partial charge in [0.05, 0.1) is 15.5 Å². The van der Waals surface area contributed by atoms with Crippen LogP contribution in [0.3, 0.4) is 0 Å². The fraction of sp³-hybridized carbons (Fsp3) is 0.286. The molecule has 0 aliphatic carbocycles. The first-order chi connectivity index (χ1) is 13.9. The molecule has 1 aliphatic rings. The Morgan fingerprint density at radius 1 is 1.10 bits per heavy atom. The molecule has 0 saturated carbocycles. The van der Waals surface area contributed by atoms with Gasteiger partial charge in [-0.05, 0) is 55.2 Å². The minimum absolute atomic E-state index is 0.0655. The minimum atomic E-state index is -3.86. The fourth-order valence-corrected chi connectivity index (χ4v) is 5.16. The van der Waals surface area contributed by atoms with Crippen molar-refractivity contribution in [2.75, 3.05) is 18.0 Å². The van der Waals surface area contributed by atoms with E-state index >= 15 is 0 Å². The standard InChI is InChI=1S/C21H20BrClN2O3S/c1-14-10-12-25(13-11-14)21-20(29(26,27)16-8-6-15(22)7-9-16)24-19(28-21)17-4-2-3-5-18(17)23/h2-9,14H,10-13H2,1H3. The third-order valence-electron chi connectivity index (χ3n) is 5.13. The maximum Gasteiger partial charge on any atom is 0.236 e. The Morgan fingerprint density at radius 2 is 1.76 bits per heavy atom. The zero-order valence-corrected chi connectivity index (χ0v) is 19.0. The molecule has 8 heteroatoms. The second-order valence-electron chi connectivity index (χ2n) is 7.24. The smallest absolute Gasteiger partial charge is 0.236 e. The Balaban J connectivity index is 1.85. The van der Waals surface area contributed by atoms with E-state index < -0.39 is 9.84 Å².